The molecule has 0 aliphatic rings. The van der Waals surface area contributed by atoms with Crippen LogP contribution in [0.2, 0.25) is 0 Å². The Morgan fingerprint density at radius 1 is 0.328 bits per heavy atom. The maximum Gasteiger partial charge on any atom is 0.164 e. The summed E-state index contributed by atoms with van der Waals surface area (Å²) in [6.07, 6.45) is 0. The second-order valence-electron chi connectivity index (χ2n) is 14.4. The lowest BCUT2D eigenvalue weighted by Gasteiger charge is -2.27. The summed E-state index contributed by atoms with van der Waals surface area (Å²) in [7, 11) is 0. The smallest absolute Gasteiger partial charge is 0.164 e. The predicted octanol–water partition coefficient (Wildman–Crippen LogP) is 14.2. The van der Waals surface area contributed by atoms with Crippen LogP contribution in [0, 0.1) is 0 Å². The molecule has 0 N–H and O–H groups in total. The van der Waals surface area contributed by atoms with E-state index in [9.17, 15) is 0 Å². The van der Waals surface area contributed by atoms with E-state index >= 15 is 0 Å². The van der Waals surface area contributed by atoms with Crippen LogP contribution in [-0.4, -0.2) is 15.0 Å². The van der Waals surface area contributed by atoms with Crippen molar-refractivity contribution < 1.29 is 4.42 Å². The second-order valence-corrected chi connectivity index (χ2v) is 14.4. The average Bonchev–Trinajstić information content (AvgIpc) is 3.71. The highest BCUT2D eigenvalue weighted by molar-refractivity contribution is 6.21. The van der Waals surface area contributed by atoms with Gasteiger partial charge in [-0.3, -0.25) is 0 Å². The molecule has 0 atom stereocenters. The van der Waals surface area contributed by atoms with Crippen molar-refractivity contribution in [2.45, 2.75) is 0 Å². The first-order valence-corrected chi connectivity index (χ1v) is 19.4. The first-order chi connectivity index (χ1) is 28.8. The van der Waals surface area contributed by atoms with Gasteiger partial charge in [0.2, 0.25) is 0 Å². The number of aromatic nitrogens is 3. The Hall–Kier alpha value is -7.89. The SMILES string of the molecule is c1ccc(-c2nc(-c3ccccc3)nc(-c3ccc(-c4ccc(N(c5ccccc5)c5cccc6ccccc56)cc4)c4oc5c6ccccc6ccc5c34)n2)cc1. The number of anilines is 3. The number of hydrogen-bond donors (Lipinski definition) is 0. The van der Waals surface area contributed by atoms with Crippen molar-refractivity contribution >= 4 is 60.5 Å². The van der Waals surface area contributed by atoms with E-state index in [0.717, 1.165) is 77.6 Å². The van der Waals surface area contributed by atoms with Crippen molar-refractivity contribution in [2.75, 3.05) is 4.90 Å². The Bertz CT molecular complexity index is 3210. The van der Waals surface area contributed by atoms with Gasteiger partial charge in [-0.25, -0.2) is 15.0 Å². The van der Waals surface area contributed by atoms with E-state index < -0.39 is 0 Å². The zero-order valence-electron chi connectivity index (χ0n) is 31.3. The molecule has 11 rings (SSSR count). The Balaban J connectivity index is 1.11. The fourth-order valence-electron chi connectivity index (χ4n) is 8.15. The third kappa shape index (κ3) is 5.76. The monoisotopic (exact) mass is 742 g/mol. The highest BCUT2D eigenvalue weighted by Gasteiger charge is 2.22. The number of hydrogen-bond acceptors (Lipinski definition) is 5. The summed E-state index contributed by atoms with van der Waals surface area (Å²) in [6, 6.07) is 71.6. The van der Waals surface area contributed by atoms with Gasteiger partial charge in [0.05, 0.1) is 5.69 Å². The summed E-state index contributed by atoms with van der Waals surface area (Å²) in [5, 5.41) is 6.54. The van der Waals surface area contributed by atoms with Gasteiger partial charge in [0.1, 0.15) is 11.2 Å². The molecule has 0 amide bonds. The molecule has 0 aliphatic carbocycles. The summed E-state index contributed by atoms with van der Waals surface area (Å²) in [4.78, 5) is 17.6. The fraction of sp³-hybridized carbons (Fsp3) is 0. The average molecular weight is 743 g/mol. The van der Waals surface area contributed by atoms with Crippen LogP contribution in [0.3, 0.4) is 0 Å². The molecule has 272 valence electrons. The zero-order valence-corrected chi connectivity index (χ0v) is 31.3. The van der Waals surface area contributed by atoms with Crippen LogP contribution in [0.25, 0.3) is 88.8 Å². The molecular formula is C53H34N4O. The van der Waals surface area contributed by atoms with Gasteiger partial charge in [0.25, 0.3) is 0 Å². The van der Waals surface area contributed by atoms with E-state index in [-0.39, 0.29) is 0 Å². The van der Waals surface area contributed by atoms with Gasteiger partial charge in [-0.1, -0.05) is 158 Å². The van der Waals surface area contributed by atoms with Gasteiger partial charge < -0.3 is 9.32 Å². The zero-order chi connectivity index (χ0) is 38.4. The maximum atomic E-state index is 7.03. The molecule has 0 saturated carbocycles. The summed E-state index contributed by atoms with van der Waals surface area (Å²) in [5.74, 6) is 1.82. The lowest BCUT2D eigenvalue weighted by molar-refractivity contribution is 0.674. The standard InChI is InChI=1S/C53H34N4O/c1-4-17-38(18-5-1)51-54-52(39-19-6-2-7-20-39)56-53(55-51)46-34-33-44(50-48(46)45-32-29-36-16-11-13-25-43(36)49(45)58-50)37-27-30-41(31-28-37)57(40-22-8-3-9-23-40)47-26-14-21-35-15-10-12-24-42(35)47/h1-34H. The maximum absolute atomic E-state index is 7.03. The van der Waals surface area contributed by atoms with Crippen LogP contribution >= 0.6 is 0 Å². The first-order valence-electron chi connectivity index (χ1n) is 19.4. The summed E-state index contributed by atoms with van der Waals surface area (Å²) < 4.78 is 7.03. The minimum Gasteiger partial charge on any atom is -0.455 e. The predicted molar refractivity (Wildman–Crippen MR) is 239 cm³/mol. The summed E-state index contributed by atoms with van der Waals surface area (Å²) >= 11 is 0. The molecule has 0 fully saturated rings. The highest BCUT2D eigenvalue weighted by atomic mass is 16.3. The van der Waals surface area contributed by atoms with Crippen LogP contribution in [0.1, 0.15) is 0 Å². The largest absolute Gasteiger partial charge is 0.455 e. The molecule has 5 nitrogen and oxygen atoms in total. The number of furan rings is 1. The van der Waals surface area contributed by atoms with E-state index in [2.05, 4.69) is 150 Å². The van der Waals surface area contributed by atoms with Crippen LogP contribution in [0.15, 0.2) is 211 Å². The Kier molecular flexibility index (Phi) is 8.07. The lowest BCUT2D eigenvalue weighted by Crippen LogP contribution is -2.10. The first kappa shape index (κ1) is 33.4. The topological polar surface area (TPSA) is 55.1 Å². The quantitative estimate of drug-likeness (QED) is 0.163. The molecule has 0 radical (unpaired) electrons. The lowest BCUT2D eigenvalue weighted by atomic mass is 9.97. The van der Waals surface area contributed by atoms with Crippen LogP contribution < -0.4 is 4.90 Å². The van der Waals surface area contributed by atoms with E-state index in [4.69, 9.17) is 19.4 Å². The third-order valence-corrected chi connectivity index (χ3v) is 10.9. The number of nitrogens with zero attached hydrogens (tertiary/aromatic N) is 4. The molecule has 5 heteroatoms. The fourth-order valence-corrected chi connectivity index (χ4v) is 8.15. The van der Waals surface area contributed by atoms with Gasteiger partial charge in [-0.05, 0) is 64.9 Å². The number of para-hydroxylation sites is 1. The minimum absolute atomic E-state index is 0.587. The van der Waals surface area contributed by atoms with Crippen LogP contribution in [-0.2, 0) is 0 Å². The molecule has 0 aliphatic heterocycles. The normalized spacial score (nSPS) is 11.4. The van der Waals surface area contributed by atoms with Gasteiger partial charge in [0, 0.05) is 55.2 Å². The molecule has 58 heavy (non-hydrogen) atoms. The second kappa shape index (κ2) is 14.0. The van der Waals surface area contributed by atoms with Crippen molar-refractivity contribution in [2.24, 2.45) is 0 Å². The third-order valence-electron chi connectivity index (χ3n) is 10.9. The molecule has 2 heterocycles. The van der Waals surface area contributed by atoms with Crippen molar-refractivity contribution in [3.8, 4) is 45.3 Å². The summed E-state index contributed by atoms with van der Waals surface area (Å²) in [6.45, 7) is 0. The van der Waals surface area contributed by atoms with Crippen LogP contribution in [0.4, 0.5) is 17.1 Å². The van der Waals surface area contributed by atoms with E-state index in [1.54, 1.807) is 0 Å². The summed E-state index contributed by atoms with van der Waals surface area (Å²) in [5.41, 5.74) is 9.65. The van der Waals surface area contributed by atoms with E-state index in [0.29, 0.717) is 17.5 Å². The van der Waals surface area contributed by atoms with E-state index in [1.807, 2.05) is 60.7 Å². The highest BCUT2D eigenvalue weighted by Crippen LogP contribution is 2.45. The van der Waals surface area contributed by atoms with Gasteiger partial charge in [-0.2, -0.15) is 0 Å². The van der Waals surface area contributed by atoms with Crippen molar-refractivity contribution in [1.82, 2.24) is 15.0 Å². The molecule has 0 unspecified atom stereocenters. The molecule has 0 bridgehead atoms. The van der Waals surface area contributed by atoms with Gasteiger partial charge in [-0.15, -0.1) is 0 Å². The van der Waals surface area contributed by atoms with Crippen molar-refractivity contribution in [3.05, 3.63) is 206 Å². The Morgan fingerprint density at radius 2 is 0.862 bits per heavy atom. The van der Waals surface area contributed by atoms with Crippen molar-refractivity contribution in [1.29, 1.82) is 0 Å². The molecule has 0 spiro atoms. The molecule has 0 saturated heterocycles. The Labute approximate surface area is 335 Å². The minimum atomic E-state index is 0.587. The molecule has 9 aromatic carbocycles. The molecule has 2 aromatic heterocycles. The Morgan fingerprint density at radius 3 is 1.55 bits per heavy atom. The molecular weight excluding hydrogens is 709 g/mol. The van der Waals surface area contributed by atoms with Gasteiger partial charge >= 0.3 is 0 Å². The van der Waals surface area contributed by atoms with Crippen LogP contribution in [0.5, 0.6) is 0 Å². The van der Waals surface area contributed by atoms with Crippen molar-refractivity contribution in [3.63, 3.8) is 0 Å². The molecule has 11 aromatic rings. The van der Waals surface area contributed by atoms with E-state index in [1.165, 1.54) is 10.8 Å². The number of rotatable bonds is 7. The van der Waals surface area contributed by atoms with Gasteiger partial charge in [0.15, 0.2) is 17.5 Å². The number of fused-ring (bicyclic) bond motifs is 6. The number of benzene rings is 9.